The molecule has 2 aromatic rings. The van der Waals surface area contributed by atoms with Crippen molar-refractivity contribution in [3.05, 3.63) is 12.0 Å². The van der Waals surface area contributed by atoms with Crippen molar-refractivity contribution in [2.45, 2.75) is 33.0 Å². The van der Waals surface area contributed by atoms with Gasteiger partial charge in [0.15, 0.2) is 0 Å². The fourth-order valence-electron chi connectivity index (χ4n) is 4.43. The first-order chi connectivity index (χ1) is 12.5. The molecule has 26 heavy (non-hydrogen) atoms. The second-order valence-corrected chi connectivity index (χ2v) is 7.73. The molecule has 0 bridgehead atoms. The van der Waals surface area contributed by atoms with Crippen LogP contribution in [-0.2, 0) is 4.74 Å². The van der Waals surface area contributed by atoms with E-state index in [0.29, 0.717) is 11.6 Å². The van der Waals surface area contributed by atoms with Crippen LogP contribution in [0.4, 0.5) is 5.82 Å². The molecule has 0 aliphatic carbocycles. The van der Waals surface area contributed by atoms with E-state index in [1.165, 1.54) is 6.33 Å². The first kappa shape index (κ1) is 17.6. The molecule has 8 nitrogen and oxygen atoms in total. The average molecular weight is 361 g/mol. The van der Waals surface area contributed by atoms with E-state index >= 15 is 0 Å². The number of nitrogens with zero attached hydrogens (tertiary/aromatic N) is 5. The smallest absolute Gasteiger partial charge is 0.263 e. The predicted molar refractivity (Wildman–Crippen MR) is 97.1 cm³/mol. The Morgan fingerprint density at radius 2 is 1.85 bits per heavy atom. The molecular weight excluding hydrogens is 334 g/mol. The lowest BCUT2D eigenvalue weighted by Crippen LogP contribution is -2.48. The highest BCUT2D eigenvalue weighted by atomic mass is 16.5. The average Bonchev–Trinajstić information content (AvgIpc) is 3.18. The lowest BCUT2D eigenvalue weighted by atomic mass is 9.96. The molecule has 2 aliphatic rings. The fraction of sp³-hybridized carbons (Fsp3) is 0.722. The Kier molecular flexibility index (Phi) is 4.81. The molecule has 1 N–H and O–H groups in total. The van der Waals surface area contributed by atoms with Crippen LogP contribution >= 0.6 is 0 Å². The predicted octanol–water partition coefficient (Wildman–Crippen LogP) is 1.08. The Morgan fingerprint density at radius 1 is 1.12 bits per heavy atom. The van der Waals surface area contributed by atoms with Crippen LogP contribution in [0, 0.1) is 18.8 Å². The summed E-state index contributed by atoms with van der Waals surface area (Å²) in [5.41, 5.74) is 1.32. The number of aliphatic hydroxyl groups is 1. The minimum atomic E-state index is 0.188. The van der Waals surface area contributed by atoms with Gasteiger partial charge in [-0.05, 0) is 26.7 Å². The summed E-state index contributed by atoms with van der Waals surface area (Å²) in [6.45, 7) is 10.9. The molecule has 2 aliphatic heterocycles. The monoisotopic (exact) mass is 361 g/mol. The van der Waals surface area contributed by atoms with Crippen LogP contribution in [0.3, 0.4) is 0 Å². The molecule has 2 fully saturated rings. The Labute approximate surface area is 153 Å². The Balaban J connectivity index is 1.53. The first-order valence-corrected chi connectivity index (χ1v) is 9.35. The number of hydrogen-bond donors (Lipinski definition) is 1. The van der Waals surface area contributed by atoms with Crippen LogP contribution in [-0.4, -0.2) is 76.7 Å². The zero-order chi connectivity index (χ0) is 18.3. The normalized spacial score (nSPS) is 30.4. The van der Waals surface area contributed by atoms with Gasteiger partial charge in [0.25, 0.3) is 5.71 Å². The maximum Gasteiger partial charge on any atom is 0.263 e. The van der Waals surface area contributed by atoms with E-state index < -0.39 is 0 Å². The Morgan fingerprint density at radius 3 is 2.58 bits per heavy atom. The third-order valence-corrected chi connectivity index (χ3v) is 5.52. The topological polar surface area (TPSA) is 87.8 Å². The molecule has 0 aromatic carbocycles. The zero-order valence-corrected chi connectivity index (χ0v) is 15.6. The number of aryl methyl sites for hydroxylation is 1. The minimum Gasteiger partial charge on any atom is -0.396 e. The highest BCUT2D eigenvalue weighted by molar-refractivity contribution is 5.87. The number of ether oxygens (including phenoxy) is 1. The number of aliphatic hydroxyl groups excluding tert-OH is 1. The van der Waals surface area contributed by atoms with Crippen molar-refractivity contribution in [3.63, 3.8) is 0 Å². The van der Waals surface area contributed by atoms with E-state index in [2.05, 4.69) is 38.8 Å². The second-order valence-electron chi connectivity index (χ2n) is 7.73. The third-order valence-electron chi connectivity index (χ3n) is 5.52. The molecule has 4 heterocycles. The van der Waals surface area contributed by atoms with Crippen LogP contribution in [0.2, 0.25) is 0 Å². The maximum atomic E-state index is 9.93. The van der Waals surface area contributed by atoms with Crippen LogP contribution in [0.15, 0.2) is 10.9 Å². The lowest BCUT2D eigenvalue weighted by Gasteiger charge is -2.37. The van der Waals surface area contributed by atoms with Crippen molar-refractivity contribution in [3.8, 4) is 0 Å². The maximum absolute atomic E-state index is 9.93. The zero-order valence-electron chi connectivity index (χ0n) is 15.6. The van der Waals surface area contributed by atoms with E-state index in [1.54, 1.807) is 0 Å². The van der Waals surface area contributed by atoms with Gasteiger partial charge < -0.3 is 19.3 Å². The Hall–Kier alpha value is -1.77. The number of rotatable bonds is 4. The van der Waals surface area contributed by atoms with Gasteiger partial charge in [-0.25, -0.2) is 4.98 Å². The van der Waals surface area contributed by atoms with Crippen LogP contribution in [0.25, 0.3) is 11.1 Å². The number of anilines is 1. The van der Waals surface area contributed by atoms with Gasteiger partial charge in [-0.3, -0.25) is 4.90 Å². The van der Waals surface area contributed by atoms with Crippen LogP contribution < -0.4 is 4.90 Å². The summed E-state index contributed by atoms with van der Waals surface area (Å²) < 4.78 is 11.1. The summed E-state index contributed by atoms with van der Waals surface area (Å²) in [4.78, 5) is 13.4. The van der Waals surface area contributed by atoms with Crippen molar-refractivity contribution in [2.75, 3.05) is 44.2 Å². The van der Waals surface area contributed by atoms with E-state index in [-0.39, 0.29) is 24.7 Å². The highest BCUT2D eigenvalue weighted by Gasteiger charge is 2.36. The van der Waals surface area contributed by atoms with E-state index in [4.69, 9.17) is 9.26 Å². The minimum absolute atomic E-state index is 0.188. The number of aromatic nitrogens is 3. The molecule has 142 valence electrons. The molecule has 4 rings (SSSR count). The van der Waals surface area contributed by atoms with Gasteiger partial charge in [-0.2, -0.15) is 4.98 Å². The molecule has 2 saturated heterocycles. The third kappa shape index (κ3) is 3.28. The van der Waals surface area contributed by atoms with E-state index in [9.17, 15) is 5.11 Å². The molecule has 8 heteroatoms. The standard InChI is InChI=1S/C18H27N5O3/c1-11-4-22(5-12(2)25-11)6-14-7-23(8-15(14)9-24)17-16-13(3)21-26-18(16)20-10-19-17/h10-12,14-15,24H,4-9H2,1-3H3/t11-,12+,14-,15-/m1/s1. The number of hydrogen-bond acceptors (Lipinski definition) is 8. The summed E-state index contributed by atoms with van der Waals surface area (Å²) in [6, 6.07) is 0. The summed E-state index contributed by atoms with van der Waals surface area (Å²) in [5.74, 6) is 1.48. The number of morpholine rings is 1. The van der Waals surface area contributed by atoms with Crippen LogP contribution in [0.1, 0.15) is 19.5 Å². The van der Waals surface area contributed by atoms with Gasteiger partial charge >= 0.3 is 0 Å². The summed E-state index contributed by atoms with van der Waals surface area (Å²) in [5, 5.41) is 14.8. The van der Waals surface area contributed by atoms with E-state index in [0.717, 1.165) is 49.6 Å². The molecule has 0 unspecified atom stereocenters. The fourth-order valence-corrected chi connectivity index (χ4v) is 4.43. The van der Waals surface area contributed by atoms with Gasteiger partial charge in [0.05, 0.1) is 17.9 Å². The highest BCUT2D eigenvalue weighted by Crippen LogP contribution is 2.33. The quantitative estimate of drug-likeness (QED) is 0.866. The van der Waals surface area contributed by atoms with Crippen molar-refractivity contribution >= 4 is 16.9 Å². The van der Waals surface area contributed by atoms with Gasteiger partial charge in [0.1, 0.15) is 17.5 Å². The van der Waals surface area contributed by atoms with Gasteiger partial charge in [0.2, 0.25) is 0 Å². The van der Waals surface area contributed by atoms with Crippen molar-refractivity contribution < 1.29 is 14.4 Å². The molecule has 4 atom stereocenters. The number of fused-ring (bicyclic) bond motifs is 1. The molecule has 0 amide bonds. The second kappa shape index (κ2) is 7.09. The molecular formula is C18H27N5O3. The summed E-state index contributed by atoms with van der Waals surface area (Å²) in [6.07, 6.45) is 2.03. The molecule has 0 radical (unpaired) electrons. The largest absolute Gasteiger partial charge is 0.396 e. The van der Waals surface area contributed by atoms with Gasteiger partial charge in [0, 0.05) is 45.2 Å². The van der Waals surface area contributed by atoms with Crippen molar-refractivity contribution in [2.24, 2.45) is 11.8 Å². The molecule has 0 spiro atoms. The summed E-state index contributed by atoms with van der Waals surface area (Å²) >= 11 is 0. The Bertz CT molecular complexity index is 756. The van der Waals surface area contributed by atoms with Gasteiger partial charge in [-0.1, -0.05) is 5.16 Å². The molecule has 0 saturated carbocycles. The van der Waals surface area contributed by atoms with Crippen molar-refractivity contribution in [1.29, 1.82) is 0 Å². The first-order valence-electron chi connectivity index (χ1n) is 9.35. The van der Waals surface area contributed by atoms with Crippen LogP contribution in [0.5, 0.6) is 0 Å². The summed E-state index contributed by atoms with van der Waals surface area (Å²) in [7, 11) is 0. The van der Waals surface area contributed by atoms with Gasteiger partial charge in [-0.15, -0.1) is 0 Å². The SMILES string of the molecule is Cc1noc2ncnc(N3C[C@@H](CN4C[C@@H](C)O[C@@H](C)C4)[C@@H](CO)C3)c12. The van der Waals surface area contributed by atoms with E-state index in [1.807, 2.05) is 6.92 Å². The molecule has 2 aromatic heterocycles. The van der Waals surface area contributed by atoms with Crippen molar-refractivity contribution in [1.82, 2.24) is 20.0 Å². The lowest BCUT2D eigenvalue weighted by molar-refractivity contribution is -0.0725.